The van der Waals surface area contributed by atoms with Gasteiger partial charge in [-0.1, -0.05) is 12.1 Å². The molecule has 0 unspecified atom stereocenters. The Morgan fingerprint density at radius 1 is 1.16 bits per heavy atom. The van der Waals surface area contributed by atoms with E-state index < -0.39 is 0 Å². The topological polar surface area (TPSA) is 91.0 Å². The summed E-state index contributed by atoms with van der Waals surface area (Å²) in [4.78, 5) is 38.1. The van der Waals surface area contributed by atoms with E-state index in [9.17, 15) is 9.59 Å². The van der Waals surface area contributed by atoms with Crippen molar-refractivity contribution >= 4 is 28.6 Å². The summed E-state index contributed by atoms with van der Waals surface area (Å²) in [6, 6.07) is 9.55. The Hall–Kier alpha value is -3.75. The number of aromatic amines is 1. The quantitative estimate of drug-likeness (QED) is 0.638. The molecule has 0 saturated carbocycles. The smallest absolute Gasteiger partial charge is 0.324 e. The lowest BCUT2D eigenvalue weighted by Crippen LogP contribution is -2.29. The van der Waals surface area contributed by atoms with E-state index in [4.69, 9.17) is 9.47 Å². The molecule has 0 atom stereocenters. The van der Waals surface area contributed by atoms with Gasteiger partial charge in [-0.15, -0.1) is 0 Å². The van der Waals surface area contributed by atoms with Gasteiger partial charge in [0.15, 0.2) is 11.5 Å². The van der Waals surface area contributed by atoms with Gasteiger partial charge >= 0.3 is 6.03 Å². The number of benzene rings is 2. The molecule has 2 amide bonds. The van der Waals surface area contributed by atoms with E-state index in [2.05, 4.69) is 9.97 Å². The van der Waals surface area contributed by atoms with Gasteiger partial charge in [0.1, 0.15) is 0 Å². The van der Waals surface area contributed by atoms with Crippen molar-refractivity contribution in [2.45, 2.75) is 13.5 Å². The third kappa shape index (κ3) is 3.70. The van der Waals surface area contributed by atoms with Crippen LogP contribution in [-0.2, 0) is 6.54 Å². The van der Waals surface area contributed by atoms with E-state index in [1.165, 1.54) is 0 Å². The number of rotatable bonds is 6. The number of methoxy groups -OCH3 is 2. The Morgan fingerprint density at radius 2 is 1.94 bits per heavy atom. The summed E-state index contributed by atoms with van der Waals surface area (Å²) in [6.07, 6.45) is 0. The summed E-state index contributed by atoms with van der Waals surface area (Å²) in [6.45, 7) is 3.69. The largest absolute Gasteiger partial charge is 0.493 e. The highest BCUT2D eigenvalue weighted by Gasteiger charge is 2.26. The van der Waals surface area contributed by atoms with Crippen LogP contribution in [-0.4, -0.2) is 62.3 Å². The molecule has 9 heteroatoms. The Kier molecular flexibility index (Phi) is 5.65. The van der Waals surface area contributed by atoms with E-state index in [0.29, 0.717) is 53.5 Å². The molecule has 1 N–H and O–H groups in total. The summed E-state index contributed by atoms with van der Waals surface area (Å²) >= 11 is 0. The molecule has 1 fully saturated rings. The third-order valence-corrected chi connectivity index (χ3v) is 5.79. The zero-order valence-electron chi connectivity index (χ0n) is 18.9. The molecule has 0 aliphatic carbocycles. The fraction of sp³-hybridized carbons (Fsp3) is 0.348. The van der Waals surface area contributed by atoms with Gasteiger partial charge in [0, 0.05) is 51.0 Å². The van der Waals surface area contributed by atoms with Crippen molar-refractivity contribution in [3.8, 4) is 11.5 Å². The number of H-pyrrole nitrogens is 1. The van der Waals surface area contributed by atoms with E-state index in [0.717, 1.165) is 11.3 Å². The fourth-order valence-electron chi connectivity index (χ4n) is 4.08. The van der Waals surface area contributed by atoms with Crippen molar-refractivity contribution in [2.24, 2.45) is 0 Å². The van der Waals surface area contributed by atoms with Crippen LogP contribution in [0.3, 0.4) is 0 Å². The van der Waals surface area contributed by atoms with Gasteiger partial charge in [0.05, 0.1) is 25.1 Å². The van der Waals surface area contributed by atoms with Crippen LogP contribution in [0.4, 0.5) is 16.4 Å². The number of hydrogen-bond acceptors (Lipinski definition) is 6. The second-order valence-electron chi connectivity index (χ2n) is 7.90. The molecule has 1 aliphatic rings. The predicted molar refractivity (Wildman–Crippen MR) is 124 cm³/mol. The first-order valence-corrected chi connectivity index (χ1v) is 10.3. The van der Waals surface area contributed by atoms with Crippen LogP contribution in [0.15, 0.2) is 35.1 Å². The molecule has 0 spiro atoms. The van der Waals surface area contributed by atoms with E-state index in [-0.39, 0.29) is 11.6 Å². The normalized spacial score (nSPS) is 13.7. The molecule has 1 saturated heterocycles. The van der Waals surface area contributed by atoms with Gasteiger partial charge < -0.3 is 19.3 Å². The minimum absolute atomic E-state index is 0.00391. The highest BCUT2D eigenvalue weighted by Crippen LogP contribution is 2.35. The van der Waals surface area contributed by atoms with Gasteiger partial charge in [0.2, 0.25) is 5.95 Å². The predicted octanol–water partition coefficient (Wildman–Crippen LogP) is 2.76. The Bertz CT molecular complexity index is 1240. The van der Waals surface area contributed by atoms with Crippen LogP contribution in [0.2, 0.25) is 0 Å². The fourth-order valence-corrected chi connectivity index (χ4v) is 4.08. The summed E-state index contributed by atoms with van der Waals surface area (Å²) in [5.41, 5.74) is 2.83. The Balaban J connectivity index is 1.65. The average Bonchev–Trinajstić information content (AvgIpc) is 3.11. The van der Waals surface area contributed by atoms with Crippen molar-refractivity contribution in [1.29, 1.82) is 0 Å². The molecule has 2 aromatic carbocycles. The Morgan fingerprint density at radius 3 is 2.59 bits per heavy atom. The summed E-state index contributed by atoms with van der Waals surface area (Å²) in [5, 5.41) is 0.471. The van der Waals surface area contributed by atoms with Crippen molar-refractivity contribution in [3.63, 3.8) is 0 Å². The second-order valence-corrected chi connectivity index (χ2v) is 7.90. The summed E-state index contributed by atoms with van der Waals surface area (Å²) in [7, 11) is 6.76. The lowest BCUT2D eigenvalue weighted by Gasteiger charge is -2.21. The number of amides is 2. The van der Waals surface area contributed by atoms with E-state index >= 15 is 0 Å². The number of aromatic nitrogens is 2. The molecule has 2 heterocycles. The third-order valence-electron chi connectivity index (χ3n) is 5.79. The standard InChI is InChI=1S/C23H27N5O4/c1-14-19-17(12-18(31-4)20(14)32-5)24-22(25-21(19)29)27(3)13-15-7-6-8-16(11-15)28-10-9-26(2)23(28)30/h6-8,11-12H,9-10,13H2,1-5H3,(H,24,25,29). The van der Waals surface area contributed by atoms with Gasteiger partial charge in [-0.3, -0.25) is 14.7 Å². The zero-order valence-corrected chi connectivity index (χ0v) is 18.9. The molecule has 1 aliphatic heterocycles. The zero-order chi connectivity index (χ0) is 23.0. The number of hydrogen-bond donors (Lipinski definition) is 1. The maximum absolute atomic E-state index is 12.9. The molecule has 1 aromatic heterocycles. The molecule has 0 bridgehead atoms. The van der Waals surface area contributed by atoms with Crippen molar-refractivity contribution in [2.75, 3.05) is 51.2 Å². The number of anilines is 2. The molecule has 4 rings (SSSR count). The number of carbonyl (C=O) groups excluding carboxylic acids is 1. The van der Waals surface area contributed by atoms with Gasteiger partial charge in [-0.05, 0) is 24.6 Å². The van der Waals surface area contributed by atoms with Crippen LogP contribution >= 0.6 is 0 Å². The van der Waals surface area contributed by atoms with Crippen molar-refractivity contribution < 1.29 is 14.3 Å². The molecule has 9 nitrogen and oxygen atoms in total. The average molecular weight is 438 g/mol. The maximum atomic E-state index is 12.9. The van der Waals surface area contributed by atoms with Crippen LogP contribution in [0.1, 0.15) is 11.1 Å². The maximum Gasteiger partial charge on any atom is 0.324 e. The van der Waals surface area contributed by atoms with Crippen LogP contribution in [0, 0.1) is 6.92 Å². The van der Waals surface area contributed by atoms with Crippen molar-refractivity contribution in [1.82, 2.24) is 14.9 Å². The highest BCUT2D eigenvalue weighted by atomic mass is 16.5. The summed E-state index contributed by atoms with van der Waals surface area (Å²) in [5.74, 6) is 1.49. The number of ether oxygens (including phenoxy) is 2. The van der Waals surface area contributed by atoms with E-state index in [1.54, 1.807) is 37.1 Å². The van der Waals surface area contributed by atoms with Crippen LogP contribution < -0.4 is 24.8 Å². The van der Waals surface area contributed by atoms with Gasteiger partial charge in [-0.2, -0.15) is 0 Å². The van der Waals surface area contributed by atoms with E-state index in [1.807, 2.05) is 43.1 Å². The molecule has 0 radical (unpaired) electrons. The first-order valence-electron chi connectivity index (χ1n) is 10.3. The summed E-state index contributed by atoms with van der Waals surface area (Å²) < 4.78 is 10.8. The minimum Gasteiger partial charge on any atom is -0.493 e. The SMILES string of the molecule is COc1cc2nc(N(C)Cc3cccc(N4CCN(C)C4=O)c3)[nH]c(=O)c2c(C)c1OC. The molecular weight excluding hydrogens is 410 g/mol. The lowest BCUT2D eigenvalue weighted by molar-refractivity contribution is 0.229. The first kappa shape index (κ1) is 21.5. The number of carbonyl (C=O) groups is 1. The second kappa shape index (κ2) is 8.41. The monoisotopic (exact) mass is 437 g/mol. The van der Waals surface area contributed by atoms with Gasteiger partial charge in [-0.25, -0.2) is 9.78 Å². The number of aryl methyl sites for hydroxylation is 1. The number of likely N-dealkylation sites (N-methyl/N-ethyl adjacent to an activating group) is 1. The number of nitrogens with zero attached hydrogens (tertiary/aromatic N) is 4. The van der Waals surface area contributed by atoms with Crippen LogP contribution in [0.25, 0.3) is 10.9 Å². The number of fused-ring (bicyclic) bond motifs is 1. The molecule has 3 aromatic rings. The van der Waals surface area contributed by atoms with Gasteiger partial charge in [0.25, 0.3) is 5.56 Å². The molecule has 32 heavy (non-hydrogen) atoms. The Labute approximate surface area is 186 Å². The molecule has 168 valence electrons. The molecular formula is C23H27N5O4. The highest BCUT2D eigenvalue weighted by molar-refractivity contribution is 5.94. The number of urea groups is 1. The first-order chi connectivity index (χ1) is 15.3. The number of nitrogens with one attached hydrogen (secondary N) is 1. The minimum atomic E-state index is -0.241. The van der Waals surface area contributed by atoms with Crippen molar-refractivity contribution in [3.05, 3.63) is 51.8 Å². The van der Waals surface area contributed by atoms with Crippen LogP contribution in [0.5, 0.6) is 11.5 Å². The lowest BCUT2D eigenvalue weighted by atomic mass is 10.1.